The Kier molecular flexibility index (Phi) is 8.15. The van der Waals surface area contributed by atoms with Crippen LogP contribution in [-0.4, -0.2) is 41.3 Å². The van der Waals surface area contributed by atoms with Crippen LogP contribution in [-0.2, 0) is 19.4 Å². The average molecular weight is 508 g/mol. The summed E-state index contributed by atoms with van der Waals surface area (Å²) in [5.74, 6) is 1.84. The van der Waals surface area contributed by atoms with Gasteiger partial charge in [-0.2, -0.15) is 4.98 Å². The molecule has 0 amide bonds. The van der Waals surface area contributed by atoms with Gasteiger partial charge < -0.3 is 20.9 Å². The predicted molar refractivity (Wildman–Crippen MR) is 142 cm³/mol. The fraction of sp³-hybridized carbons (Fsp3) is 0.542. The van der Waals surface area contributed by atoms with Crippen LogP contribution >= 0.6 is 35.4 Å². The average Bonchev–Trinajstić information content (AvgIpc) is 2.80. The summed E-state index contributed by atoms with van der Waals surface area (Å²) in [5.41, 5.74) is 3.59. The van der Waals surface area contributed by atoms with Crippen LogP contribution in [0, 0.1) is 0 Å². The smallest absolute Gasteiger partial charge is 0.225 e. The molecule has 3 N–H and O–H groups in total. The molecule has 0 radical (unpaired) electrons. The minimum Gasteiger partial charge on any atom is -0.362 e. The number of benzene rings is 1. The lowest BCUT2D eigenvalue weighted by Crippen LogP contribution is -2.44. The lowest BCUT2D eigenvalue weighted by Gasteiger charge is -2.31. The second-order valence-electron chi connectivity index (χ2n) is 9.17. The number of nitrogens with zero attached hydrogens (tertiary/aromatic N) is 3. The van der Waals surface area contributed by atoms with Crippen LogP contribution in [0.5, 0.6) is 0 Å². The van der Waals surface area contributed by atoms with Gasteiger partial charge in [-0.25, -0.2) is 4.98 Å². The molecule has 1 aromatic heterocycles. The van der Waals surface area contributed by atoms with E-state index < -0.39 is 0 Å². The first kappa shape index (κ1) is 24.3. The number of halogens is 2. The van der Waals surface area contributed by atoms with Crippen LogP contribution in [0.1, 0.15) is 55.3 Å². The number of nitrogens with one attached hydrogen (secondary N) is 3. The number of aromatic nitrogens is 2. The highest BCUT2D eigenvalue weighted by molar-refractivity contribution is 7.80. The van der Waals surface area contributed by atoms with Crippen molar-refractivity contribution in [2.75, 3.05) is 24.3 Å². The molecule has 33 heavy (non-hydrogen) atoms. The lowest BCUT2D eigenvalue weighted by atomic mass is 9.91. The quantitative estimate of drug-likeness (QED) is 0.470. The molecular weight excluding hydrogens is 475 g/mol. The SMILES string of the molecule is CN(C)c1nc(NC2CCC(NC(=S)NCc3ccc(Cl)c(Cl)c3)CC2)nc2c1CCCC2. The minimum absolute atomic E-state index is 0.374. The molecule has 1 aromatic carbocycles. The molecule has 0 spiro atoms. The van der Waals surface area contributed by atoms with E-state index in [1.54, 1.807) is 6.07 Å². The number of thiocarbonyl (C=S) groups is 1. The summed E-state index contributed by atoms with van der Waals surface area (Å²) >= 11 is 17.6. The molecule has 0 unspecified atom stereocenters. The Morgan fingerprint density at radius 3 is 2.48 bits per heavy atom. The molecule has 178 valence electrons. The Bertz CT molecular complexity index is 991. The Balaban J connectivity index is 1.25. The van der Waals surface area contributed by atoms with E-state index in [0.717, 1.165) is 55.9 Å². The Morgan fingerprint density at radius 1 is 1.03 bits per heavy atom. The van der Waals surface area contributed by atoms with E-state index in [4.69, 9.17) is 45.4 Å². The van der Waals surface area contributed by atoms with E-state index in [-0.39, 0.29) is 0 Å². The third-order valence-electron chi connectivity index (χ3n) is 6.42. The monoisotopic (exact) mass is 506 g/mol. The van der Waals surface area contributed by atoms with Crippen molar-refractivity contribution in [2.45, 2.75) is 70.0 Å². The van der Waals surface area contributed by atoms with Crippen molar-refractivity contribution in [3.05, 3.63) is 45.1 Å². The third-order valence-corrected chi connectivity index (χ3v) is 7.42. The van der Waals surface area contributed by atoms with Crippen molar-refractivity contribution < 1.29 is 0 Å². The summed E-state index contributed by atoms with van der Waals surface area (Å²) in [5, 5.41) is 12.1. The number of hydrogen-bond acceptors (Lipinski definition) is 5. The van der Waals surface area contributed by atoms with Gasteiger partial charge in [-0.3, -0.25) is 0 Å². The summed E-state index contributed by atoms with van der Waals surface area (Å²) in [7, 11) is 4.13. The van der Waals surface area contributed by atoms with E-state index in [1.807, 2.05) is 12.1 Å². The molecule has 1 fully saturated rings. The Morgan fingerprint density at radius 2 is 1.76 bits per heavy atom. The van der Waals surface area contributed by atoms with Crippen molar-refractivity contribution in [1.82, 2.24) is 20.6 Å². The molecule has 4 rings (SSSR count). The van der Waals surface area contributed by atoms with Gasteiger partial charge in [0.05, 0.1) is 15.7 Å². The lowest BCUT2D eigenvalue weighted by molar-refractivity contribution is 0.385. The van der Waals surface area contributed by atoms with Gasteiger partial charge in [0.15, 0.2) is 5.11 Å². The first-order valence-corrected chi connectivity index (χ1v) is 12.9. The van der Waals surface area contributed by atoms with Crippen LogP contribution in [0.2, 0.25) is 10.0 Å². The van der Waals surface area contributed by atoms with Crippen molar-refractivity contribution in [3.8, 4) is 0 Å². The van der Waals surface area contributed by atoms with Crippen LogP contribution in [0.4, 0.5) is 11.8 Å². The maximum atomic E-state index is 6.09. The first-order chi connectivity index (χ1) is 15.9. The molecule has 0 saturated heterocycles. The second kappa shape index (κ2) is 11.1. The van der Waals surface area contributed by atoms with Gasteiger partial charge >= 0.3 is 0 Å². The molecule has 0 aliphatic heterocycles. The van der Waals surface area contributed by atoms with Crippen molar-refractivity contribution in [2.24, 2.45) is 0 Å². The molecule has 1 saturated carbocycles. The number of anilines is 2. The van der Waals surface area contributed by atoms with Gasteiger partial charge in [0.1, 0.15) is 5.82 Å². The summed E-state index contributed by atoms with van der Waals surface area (Å²) in [6.07, 6.45) is 8.80. The fourth-order valence-corrected chi connectivity index (χ4v) is 5.20. The molecule has 0 bridgehead atoms. The largest absolute Gasteiger partial charge is 0.362 e. The fourth-order valence-electron chi connectivity index (χ4n) is 4.64. The number of hydrogen-bond donors (Lipinski definition) is 3. The zero-order valence-electron chi connectivity index (χ0n) is 19.3. The van der Waals surface area contributed by atoms with E-state index in [2.05, 4.69) is 34.9 Å². The van der Waals surface area contributed by atoms with Crippen LogP contribution in [0.25, 0.3) is 0 Å². The Labute approximate surface area is 211 Å². The molecule has 2 aliphatic carbocycles. The molecular formula is C24H32Cl2N6S. The number of aryl methyl sites for hydroxylation is 1. The number of rotatable bonds is 6. The summed E-state index contributed by atoms with van der Waals surface area (Å²) in [6.45, 7) is 0.615. The summed E-state index contributed by atoms with van der Waals surface area (Å²) < 4.78 is 0. The highest BCUT2D eigenvalue weighted by atomic mass is 35.5. The summed E-state index contributed by atoms with van der Waals surface area (Å²) in [6, 6.07) is 6.38. The molecule has 0 atom stereocenters. The van der Waals surface area contributed by atoms with Gasteiger partial charge in [-0.1, -0.05) is 29.3 Å². The predicted octanol–water partition coefficient (Wildman–Crippen LogP) is 5.12. The van der Waals surface area contributed by atoms with E-state index in [0.29, 0.717) is 33.8 Å². The molecule has 9 heteroatoms. The van der Waals surface area contributed by atoms with Crippen LogP contribution < -0.4 is 20.9 Å². The van der Waals surface area contributed by atoms with Gasteiger partial charge in [0.25, 0.3) is 0 Å². The highest BCUT2D eigenvalue weighted by Crippen LogP contribution is 2.29. The second-order valence-corrected chi connectivity index (χ2v) is 10.4. The van der Waals surface area contributed by atoms with Gasteiger partial charge in [-0.15, -0.1) is 0 Å². The molecule has 2 aliphatic rings. The van der Waals surface area contributed by atoms with Gasteiger partial charge in [-0.05, 0) is 81.3 Å². The maximum Gasteiger partial charge on any atom is 0.225 e. The molecule has 2 aromatic rings. The van der Waals surface area contributed by atoms with Crippen molar-refractivity contribution in [1.29, 1.82) is 0 Å². The van der Waals surface area contributed by atoms with Crippen LogP contribution in [0.15, 0.2) is 18.2 Å². The standard InChI is InChI=1S/C24H32Cl2N6S/c1-32(2)22-18-5-3-4-6-21(18)30-23(31-22)28-16-8-10-17(11-9-16)29-24(33)27-14-15-7-12-19(25)20(26)13-15/h7,12-13,16-17H,3-6,8-11,14H2,1-2H3,(H2,27,29,33)(H,28,30,31). The minimum atomic E-state index is 0.374. The van der Waals surface area contributed by atoms with Crippen molar-refractivity contribution >= 4 is 52.3 Å². The van der Waals surface area contributed by atoms with Gasteiger partial charge in [0.2, 0.25) is 5.95 Å². The van der Waals surface area contributed by atoms with E-state index in [1.165, 1.54) is 24.1 Å². The van der Waals surface area contributed by atoms with Gasteiger partial charge in [0, 0.05) is 38.3 Å². The summed E-state index contributed by atoms with van der Waals surface area (Å²) in [4.78, 5) is 11.8. The van der Waals surface area contributed by atoms with Crippen LogP contribution in [0.3, 0.4) is 0 Å². The molecule has 1 heterocycles. The van der Waals surface area contributed by atoms with Crippen molar-refractivity contribution in [3.63, 3.8) is 0 Å². The van der Waals surface area contributed by atoms with E-state index in [9.17, 15) is 0 Å². The molecule has 6 nitrogen and oxygen atoms in total. The topological polar surface area (TPSA) is 65.1 Å². The zero-order valence-corrected chi connectivity index (χ0v) is 21.6. The number of fused-ring (bicyclic) bond motifs is 1. The van der Waals surface area contributed by atoms with E-state index >= 15 is 0 Å². The maximum absolute atomic E-state index is 6.09. The zero-order chi connectivity index (χ0) is 23.4. The first-order valence-electron chi connectivity index (χ1n) is 11.7. The third kappa shape index (κ3) is 6.40. The highest BCUT2D eigenvalue weighted by Gasteiger charge is 2.24. The normalized spacial score (nSPS) is 20.0. The Hall–Kier alpha value is -1.83.